The average molecular weight is 474 g/mol. The molecule has 7 heteroatoms. The fourth-order valence-corrected chi connectivity index (χ4v) is 4.40. The van der Waals surface area contributed by atoms with Gasteiger partial charge in [0.25, 0.3) is 0 Å². The van der Waals surface area contributed by atoms with E-state index in [0.717, 1.165) is 6.42 Å². The zero-order chi connectivity index (χ0) is 25.3. The van der Waals surface area contributed by atoms with Gasteiger partial charge >= 0.3 is 11.9 Å². The summed E-state index contributed by atoms with van der Waals surface area (Å²) in [7, 11) is 0. The molecule has 188 valence electrons. The molecule has 0 aromatic carbocycles. The normalized spacial score (nSPS) is 15.6. The second-order valence-corrected chi connectivity index (χ2v) is 12.8. The molecule has 0 saturated carbocycles. The van der Waals surface area contributed by atoms with Gasteiger partial charge in [0.1, 0.15) is 12.7 Å². The molecule has 2 N–H and O–H groups in total. The molecule has 2 unspecified atom stereocenters. The van der Waals surface area contributed by atoms with Crippen molar-refractivity contribution in [2.75, 3.05) is 18.1 Å². The van der Waals surface area contributed by atoms with Gasteiger partial charge in [-0.2, -0.15) is 11.8 Å². The summed E-state index contributed by atoms with van der Waals surface area (Å²) in [5.74, 6) is -0.0349. The van der Waals surface area contributed by atoms with Crippen molar-refractivity contribution in [3.05, 3.63) is 0 Å². The maximum atomic E-state index is 12.7. The van der Waals surface area contributed by atoms with E-state index < -0.39 is 23.0 Å². The van der Waals surface area contributed by atoms with Crippen LogP contribution in [0.1, 0.15) is 88.5 Å². The van der Waals surface area contributed by atoms with Crippen molar-refractivity contribution in [3.8, 4) is 0 Å². The summed E-state index contributed by atoms with van der Waals surface area (Å²) in [6.45, 7) is 19.4. The van der Waals surface area contributed by atoms with Crippen LogP contribution in [0.4, 0.5) is 0 Å². The second kappa shape index (κ2) is 13.0. The van der Waals surface area contributed by atoms with Crippen LogP contribution in [0.25, 0.3) is 0 Å². The molecule has 0 aromatic rings. The Morgan fingerprint density at radius 1 is 0.969 bits per heavy atom. The lowest BCUT2D eigenvalue weighted by Crippen LogP contribution is -2.41. The molecule has 0 aliphatic carbocycles. The van der Waals surface area contributed by atoms with Gasteiger partial charge in [0.2, 0.25) is 0 Å². The van der Waals surface area contributed by atoms with Gasteiger partial charge in [-0.05, 0) is 32.1 Å². The number of rotatable bonds is 13. The van der Waals surface area contributed by atoms with Crippen molar-refractivity contribution in [1.29, 1.82) is 0 Å². The van der Waals surface area contributed by atoms with Crippen LogP contribution in [0, 0.1) is 22.2 Å². The van der Waals surface area contributed by atoms with Crippen molar-refractivity contribution in [2.45, 2.75) is 101 Å². The lowest BCUT2D eigenvalue weighted by atomic mass is 9.85. The topological polar surface area (TPSA) is 95.7 Å². The Bertz CT molecular complexity index is 619. The van der Waals surface area contributed by atoms with Gasteiger partial charge in [0.15, 0.2) is 5.78 Å². The number of esters is 2. The van der Waals surface area contributed by atoms with Crippen LogP contribution in [0.2, 0.25) is 0 Å². The number of ketones is 1. The first-order chi connectivity index (χ1) is 14.4. The molecule has 0 heterocycles. The predicted octanol–water partition coefficient (Wildman–Crippen LogP) is 5.02. The molecule has 0 fully saturated rings. The number of Topliss-reactive ketones (excluding diaryl/α,β-unsaturated/α-hetero) is 1. The zero-order valence-electron chi connectivity index (χ0n) is 22.0. The van der Waals surface area contributed by atoms with Gasteiger partial charge in [-0.1, -0.05) is 61.8 Å². The Morgan fingerprint density at radius 3 is 2.00 bits per heavy atom. The standard InChI is InChI=1S/C25H47NO5S/c1-11-12-25(9,10)22(29)31-18(14-30-21(28)17(2)13-23(3,4)5)15-32-16-19(26)20(27)24(6,7)8/h17-19H,11-16,26H2,1-10H3/t17?,18-,19?/m1/s1. The highest BCUT2D eigenvalue weighted by Crippen LogP contribution is 2.27. The summed E-state index contributed by atoms with van der Waals surface area (Å²) in [5, 5.41) is 0. The van der Waals surface area contributed by atoms with Gasteiger partial charge < -0.3 is 15.2 Å². The molecule has 0 radical (unpaired) electrons. The second-order valence-electron chi connectivity index (χ2n) is 11.7. The molecule has 0 amide bonds. The van der Waals surface area contributed by atoms with Crippen LogP contribution < -0.4 is 5.73 Å². The first-order valence-electron chi connectivity index (χ1n) is 11.7. The van der Waals surface area contributed by atoms with E-state index in [9.17, 15) is 14.4 Å². The van der Waals surface area contributed by atoms with Gasteiger partial charge in [0, 0.05) is 16.9 Å². The van der Waals surface area contributed by atoms with Crippen molar-refractivity contribution in [3.63, 3.8) is 0 Å². The quantitative estimate of drug-likeness (QED) is 0.375. The highest BCUT2D eigenvalue weighted by molar-refractivity contribution is 7.99. The molecular weight excluding hydrogens is 426 g/mol. The summed E-state index contributed by atoms with van der Waals surface area (Å²) in [4.78, 5) is 37.5. The zero-order valence-corrected chi connectivity index (χ0v) is 22.8. The van der Waals surface area contributed by atoms with Crippen LogP contribution in [-0.4, -0.2) is 48.0 Å². The SMILES string of the molecule is CCCC(C)(C)C(=O)O[C@H](COC(=O)C(C)CC(C)(C)C)CSCC(N)C(=O)C(C)(C)C. The highest BCUT2D eigenvalue weighted by atomic mass is 32.2. The van der Waals surface area contributed by atoms with Crippen molar-refractivity contribution >= 4 is 29.5 Å². The number of carbonyl (C=O) groups is 3. The first-order valence-corrected chi connectivity index (χ1v) is 12.8. The smallest absolute Gasteiger partial charge is 0.311 e. The molecular formula is C25H47NO5S. The molecule has 0 saturated heterocycles. The molecule has 6 nitrogen and oxygen atoms in total. The fraction of sp³-hybridized carbons (Fsp3) is 0.880. The molecule has 0 aromatic heterocycles. The van der Waals surface area contributed by atoms with E-state index in [2.05, 4.69) is 20.8 Å². The van der Waals surface area contributed by atoms with Gasteiger partial charge in [-0.3, -0.25) is 14.4 Å². The van der Waals surface area contributed by atoms with Gasteiger partial charge in [0.05, 0.1) is 17.4 Å². The van der Waals surface area contributed by atoms with Crippen molar-refractivity contribution < 1.29 is 23.9 Å². The molecule has 0 spiro atoms. The maximum absolute atomic E-state index is 12.7. The van der Waals surface area contributed by atoms with E-state index >= 15 is 0 Å². The van der Waals surface area contributed by atoms with Crippen LogP contribution in [-0.2, 0) is 23.9 Å². The number of hydrogen-bond acceptors (Lipinski definition) is 7. The molecule has 0 aliphatic heterocycles. The number of carbonyl (C=O) groups excluding carboxylic acids is 3. The minimum Gasteiger partial charge on any atom is -0.461 e. The Labute approximate surface area is 200 Å². The number of hydrogen-bond donors (Lipinski definition) is 1. The molecule has 32 heavy (non-hydrogen) atoms. The van der Waals surface area contributed by atoms with E-state index in [0.29, 0.717) is 24.3 Å². The van der Waals surface area contributed by atoms with E-state index in [-0.39, 0.29) is 35.7 Å². The third-order valence-corrected chi connectivity index (χ3v) is 6.31. The van der Waals surface area contributed by atoms with Gasteiger partial charge in [-0.25, -0.2) is 0 Å². The molecule has 0 aliphatic rings. The average Bonchev–Trinajstić information content (AvgIpc) is 2.62. The monoisotopic (exact) mass is 473 g/mol. The Balaban J connectivity index is 5.06. The lowest BCUT2D eigenvalue weighted by molar-refractivity contribution is -0.166. The largest absolute Gasteiger partial charge is 0.461 e. The maximum Gasteiger partial charge on any atom is 0.311 e. The third-order valence-electron chi connectivity index (χ3n) is 5.11. The first kappa shape index (κ1) is 30.9. The van der Waals surface area contributed by atoms with Gasteiger partial charge in [-0.15, -0.1) is 0 Å². The van der Waals surface area contributed by atoms with E-state index in [1.165, 1.54) is 11.8 Å². The predicted molar refractivity (Wildman–Crippen MR) is 133 cm³/mol. The van der Waals surface area contributed by atoms with E-state index in [1.807, 2.05) is 48.5 Å². The van der Waals surface area contributed by atoms with Crippen LogP contribution in [0.5, 0.6) is 0 Å². The van der Waals surface area contributed by atoms with Crippen LogP contribution in [0.3, 0.4) is 0 Å². The van der Waals surface area contributed by atoms with Crippen LogP contribution in [0.15, 0.2) is 0 Å². The summed E-state index contributed by atoms with van der Waals surface area (Å²) in [6, 6.07) is -0.595. The lowest BCUT2D eigenvalue weighted by Gasteiger charge is -2.27. The molecule has 0 rings (SSSR count). The Morgan fingerprint density at radius 2 is 1.53 bits per heavy atom. The summed E-state index contributed by atoms with van der Waals surface area (Å²) >= 11 is 1.44. The summed E-state index contributed by atoms with van der Waals surface area (Å²) in [6.07, 6.45) is 1.69. The fourth-order valence-electron chi connectivity index (χ4n) is 3.43. The number of thioether (sulfide) groups is 1. The minimum absolute atomic E-state index is 0.00326. The van der Waals surface area contributed by atoms with E-state index in [4.69, 9.17) is 15.2 Å². The highest BCUT2D eigenvalue weighted by Gasteiger charge is 2.32. The molecule has 0 bridgehead atoms. The Kier molecular flexibility index (Phi) is 12.5. The van der Waals surface area contributed by atoms with E-state index in [1.54, 1.807) is 0 Å². The third kappa shape index (κ3) is 12.2. The Hall–Kier alpha value is -1.08. The number of nitrogens with two attached hydrogens (primary N) is 1. The molecule has 3 atom stereocenters. The summed E-state index contributed by atoms with van der Waals surface area (Å²) < 4.78 is 11.3. The van der Waals surface area contributed by atoms with Crippen molar-refractivity contribution in [2.24, 2.45) is 27.9 Å². The number of ether oxygens (including phenoxy) is 2. The van der Waals surface area contributed by atoms with Crippen LogP contribution >= 0.6 is 11.8 Å². The minimum atomic E-state index is -0.611. The summed E-state index contributed by atoms with van der Waals surface area (Å²) in [5.41, 5.74) is 4.95. The van der Waals surface area contributed by atoms with Crippen molar-refractivity contribution in [1.82, 2.24) is 0 Å².